The van der Waals surface area contributed by atoms with Gasteiger partial charge in [-0.2, -0.15) is 0 Å². The maximum atomic E-state index is 12.9. The van der Waals surface area contributed by atoms with Gasteiger partial charge in [0.1, 0.15) is 13.2 Å². The molecule has 0 aliphatic carbocycles. The molecule has 6 nitrogen and oxygen atoms in total. The van der Waals surface area contributed by atoms with Gasteiger partial charge >= 0.3 is 17.9 Å². The van der Waals surface area contributed by atoms with E-state index >= 15 is 0 Å². The van der Waals surface area contributed by atoms with Gasteiger partial charge in [-0.25, -0.2) is 0 Å². The third kappa shape index (κ3) is 59.3. The van der Waals surface area contributed by atoms with Crippen LogP contribution in [0.3, 0.4) is 0 Å². The second-order valence-electron chi connectivity index (χ2n) is 20.6. The molecule has 0 saturated heterocycles. The summed E-state index contributed by atoms with van der Waals surface area (Å²) >= 11 is 0. The Labute approximate surface area is 452 Å². The smallest absolute Gasteiger partial charge is 0.306 e. The molecule has 0 radical (unpaired) electrons. The van der Waals surface area contributed by atoms with Gasteiger partial charge in [-0.15, -0.1) is 0 Å². The average molecular weight is 1020 g/mol. The van der Waals surface area contributed by atoms with E-state index in [2.05, 4.69) is 106 Å². The highest BCUT2D eigenvalue weighted by molar-refractivity contribution is 5.71. The number of carbonyl (C=O) groups excluding carboxylic acids is 3. The number of esters is 3. The largest absolute Gasteiger partial charge is 0.462 e. The third-order valence-corrected chi connectivity index (χ3v) is 13.4. The average Bonchev–Trinajstić information content (AvgIpc) is 3.39. The minimum absolute atomic E-state index is 0.0887. The second-order valence-corrected chi connectivity index (χ2v) is 20.6. The van der Waals surface area contributed by atoms with E-state index in [0.29, 0.717) is 19.3 Å². The molecule has 0 fully saturated rings. The Morgan fingerprint density at radius 3 is 0.877 bits per heavy atom. The van der Waals surface area contributed by atoms with Crippen molar-refractivity contribution in [3.05, 3.63) is 85.1 Å². The quantitative estimate of drug-likeness (QED) is 0.0261. The molecule has 73 heavy (non-hydrogen) atoms. The summed E-state index contributed by atoms with van der Waals surface area (Å²) in [5, 5.41) is 0. The maximum absolute atomic E-state index is 12.9. The summed E-state index contributed by atoms with van der Waals surface area (Å²) in [7, 11) is 0. The van der Waals surface area contributed by atoms with E-state index in [1.165, 1.54) is 161 Å². The zero-order chi connectivity index (χ0) is 52.9. The molecule has 1 unspecified atom stereocenters. The van der Waals surface area contributed by atoms with Crippen molar-refractivity contribution in [3.63, 3.8) is 0 Å². The summed E-state index contributed by atoms with van der Waals surface area (Å²) in [4.78, 5) is 38.2. The predicted molar refractivity (Wildman–Crippen MR) is 316 cm³/mol. The number of allylic oxidation sites excluding steroid dienone is 14. The summed E-state index contributed by atoms with van der Waals surface area (Å²) in [5.41, 5.74) is 0. The number of rotatable bonds is 56. The summed E-state index contributed by atoms with van der Waals surface area (Å²) in [6, 6.07) is 0. The fraction of sp³-hybridized carbons (Fsp3) is 0.746. The number of carbonyl (C=O) groups is 3. The van der Waals surface area contributed by atoms with Gasteiger partial charge in [0, 0.05) is 19.3 Å². The first kappa shape index (κ1) is 69.6. The molecule has 0 aromatic heterocycles. The minimum Gasteiger partial charge on any atom is -0.462 e. The standard InChI is InChI=1S/C67H116O6/c1-4-7-10-13-16-19-22-25-27-29-30-31-32-33-34-35-36-38-39-42-45-48-51-54-57-60-66(69)72-63-64(62-71-65(68)59-56-53-50-47-44-41-24-21-18-15-12-9-6-3)73-67(70)61-58-55-52-49-46-43-40-37-28-26-23-20-17-14-11-8-5-2/h9,12,17-18,20-22,25-26,28-30,41,44,64H,4-8,10-11,13-16,19,23-24,27,31-40,42-43,45-63H2,1-3H3/b12-9-,20-17-,21-18-,25-22-,28-26-,30-29-,44-41-. The van der Waals surface area contributed by atoms with Gasteiger partial charge < -0.3 is 14.2 Å². The molecule has 0 amide bonds. The van der Waals surface area contributed by atoms with E-state index in [0.717, 1.165) is 103 Å². The van der Waals surface area contributed by atoms with Crippen LogP contribution >= 0.6 is 0 Å². The van der Waals surface area contributed by atoms with E-state index in [4.69, 9.17) is 14.2 Å². The van der Waals surface area contributed by atoms with Crippen LogP contribution in [0.4, 0.5) is 0 Å². The molecule has 420 valence electrons. The summed E-state index contributed by atoms with van der Waals surface area (Å²) in [5.74, 6) is -0.919. The van der Waals surface area contributed by atoms with Gasteiger partial charge in [0.15, 0.2) is 6.10 Å². The van der Waals surface area contributed by atoms with Crippen molar-refractivity contribution in [2.45, 2.75) is 309 Å². The molecular formula is C67H116O6. The van der Waals surface area contributed by atoms with Gasteiger partial charge in [-0.1, -0.05) is 254 Å². The molecule has 0 aliphatic rings. The van der Waals surface area contributed by atoms with Gasteiger partial charge in [0.2, 0.25) is 0 Å². The van der Waals surface area contributed by atoms with E-state index in [9.17, 15) is 14.4 Å². The molecule has 0 heterocycles. The summed E-state index contributed by atoms with van der Waals surface area (Å²) in [6.07, 6.45) is 80.2. The lowest BCUT2D eigenvalue weighted by atomic mass is 10.0. The fourth-order valence-corrected chi connectivity index (χ4v) is 8.69. The highest BCUT2D eigenvalue weighted by atomic mass is 16.6. The van der Waals surface area contributed by atoms with Crippen LogP contribution in [0.1, 0.15) is 303 Å². The number of hydrogen-bond acceptors (Lipinski definition) is 6. The van der Waals surface area contributed by atoms with Crippen LogP contribution < -0.4 is 0 Å². The molecule has 0 saturated carbocycles. The van der Waals surface area contributed by atoms with Crippen molar-refractivity contribution in [1.82, 2.24) is 0 Å². The van der Waals surface area contributed by atoms with Gasteiger partial charge in [-0.3, -0.25) is 14.4 Å². The molecule has 0 aromatic carbocycles. The highest BCUT2D eigenvalue weighted by Crippen LogP contribution is 2.16. The van der Waals surface area contributed by atoms with Crippen LogP contribution in [0.5, 0.6) is 0 Å². The molecule has 0 rings (SSSR count). The molecule has 0 aliphatic heterocycles. The van der Waals surface area contributed by atoms with Crippen molar-refractivity contribution >= 4 is 17.9 Å². The Morgan fingerprint density at radius 1 is 0.288 bits per heavy atom. The van der Waals surface area contributed by atoms with Crippen LogP contribution in [-0.4, -0.2) is 37.2 Å². The molecule has 6 heteroatoms. The topological polar surface area (TPSA) is 78.9 Å². The Hall–Kier alpha value is -3.41. The Kier molecular flexibility index (Phi) is 58.3. The SMILES string of the molecule is CC/C=C\C/C=C\C/C=C\CCCCCC(=O)OCC(COC(=O)CCCCCCCCCCCCCCC/C=C\C/C=C\CCCCCCC)OC(=O)CCCCCCCCC/C=C\C/C=C\CCCCC. The van der Waals surface area contributed by atoms with Crippen LogP contribution in [-0.2, 0) is 28.6 Å². The lowest BCUT2D eigenvalue weighted by molar-refractivity contribution is -0.167. The monoisotopic (exact) mass is 1020 g/mol. The van der Waals surface area contributed by atoms with E-state index in [1.54, 1.807) is 0 Å². The molecule has 1 atom stereocenters. The maximum Gasteiger partial charge on any atom is 0.306 e. The molecule has 0 N–H and O–H groups in total. The minimum atomic E-state index is -0.794. The number of ether oxygens (including phenoxy) is 3. The van der Waals surface area contributed by atoms with Gasteiger partial charge in [0.25, 0.3) is 0 Å². The first-order chi connectivity index (χ1) is 36.0. The summed E-state index contributed by atoms with van der Waals surface area (Å²) < 4.78 is 16.9. The van der Waals surface area contributed by atoms with Crippen molar-refractivity contribution in [3.8, 4) is 0 Å². The zero-order valence-corrected chi connectivity index (χ0v) is 48.1. The first-order valence-corrected chi connectivity index (χ1v) is 31.1. The van der Waals surface area contributed by atoms with Crippen molar-refractivity contribution < 1.29 is 28.6 Å². The fourth-order valence-electron chi connectivity index (χ4n) is 8.69. The number of unbranched alkanes of at least 4 members (excludes halogenated alkanes) is 31. The van der Waals surface area contributed by atoms with Gasteiger partial charge in [0.05, 0.1) is 0 Å². The van der Waals surface area contributed by atoms with Crippen LogP contribution in [0.25, 0.3) is 0 Å². The molecule has 0 bridgehead atoms. The molecule has 0 spiro atoms. The highest BCUT2D eigenvalue weighted by Gasteiger charge is 2.19. The lowest BCUT2D eigenvalue weighted by Crippen LogP contribution is -2.30. The van der Waals surface area contributed by atoms with Crippen LogP contribution in [0.15, 0.2) is 85.1 Å². The van der Waals surface area contributed by atoms with Gasteiger partial charge in [-0.05, 0) is 116 Å². The normalized spacial score (nSPS) is 12.6. The number of hydrogen-bond donors (Lipinski definition) is 0. The van der Waals surface area contributed by atoms with E-state index < -0.39 is 6.10 Å². The van der Waals surface area contributed by atoms with Crippen molar-refractivity contribution in [2.24, 2.45) is 0 Å². The summed E-state index contributed by atoms with van der Waals surface area (Å²) in [6.45, 7) is 6.48. The van der Waals surface area contributed by atoms with Crippen LogP contribution in [0.2, 0.25) is 0 Å². The molecule has 0 aromatic rings. The third-order valence-electron chi connectivity index (χ3n) is 13.4. The Morgan fingerprint density at radius 2 is 0.534 bits per heavy atom. The second kappa shape index (κ2) is 61.1. The predicted octanol–water partition coefficient (Wildman–Crippen LogP) is 21.1. The molecular weight excluding hydrogens is 901 g/mol. The zero-order valence-electron chi connectivity index (χ0n) is 48.1. The van der Waals surface area contributed by atoms with E-state index in [-0.39, 0.29) is 31.1 Å². The first-order valence-electron chi connectivity index (χ1n) is 31.1. The van der Waals surface area contributed by atoms with Crippen LogP contribution in [0, 0.1) is 0 Å². The Bertz CT molecular complexity index is 1400. The Balaban J connectivity index is 4.31. The van der Waals surface area contributed by atoms with E-state index in [1.807, 2.05) is 0 Å². The lowest BCUT2D eigenvalue weighted by Gasteiger charge is -2.18. The van der Waals surface area contributed by atoms with Crippen molar-refractivity contribution in [2.75, 3.05) is 13.2 Å². The van der Waals surface area contributed by atoms with Crippen molar-refractivity contribution in [1.29, 1.82) is 0 Å².